The van der Waals surface area contributed by atoms with Crippen molar-refractivity contribution in [3.05, 3.63) is 17.5 Å². The van der Waals surface area contributed by atoms with Crippen LogP contribution in [0.25, 0.3) is 0 Å². The van der Waals surface area contributed by atoms with E-state index in [-0.39, 0.29) is 11.9 Å². The average molecular weight is 445 g/mol. The molecule has 0 aromatic carbocycles. The molecule has 166 valence electrons. The second-order valence-electron chi connectivity index (χ2n) is 8.29. The van der Waals surface area contributed by atoms with Gasteiger partial charge in [0, 0.05) is 31.2 Å². The third-order valence-corrected chi connectivity index (χ3v) is 6.75. The van der Waals surface area contributed by atoms with E-state index in [2.05, 4.69) is 19.4 Å². The maximum atomic E-state index is 13.1. The van der Waals surface area contributed by atoms with Crippen molar-refractivity contribution >= 4 is 35.5 Å². The van der Waals surface area contributed by atoms with Gasteiger partial charge in [-0.1, -0.05) is 29.6 Å². The molecule has 2 fully saturated rings. The summed E-state index contributed by atoms with van der Waals surface area (Å²) in [7, 11) is 3.23. The Balaban J connectivity index is 1.61. The molecule has 4 heterocycles. The molecular formula is C21H30N7O2S+. The molecular weight excluding hydrogens is 414 g/mol. The summed E-state index contributed by atoms with van der Waals surface area (Å²) in [6.45, 7) is 6.39. The summed E-state index contributed by atoms with van der Waals surface area (Å²) in [5, 5.41) is 0.744. The summed E-state index contributed by atoms with van der Waals surface area (Å²) in [5.74, 6) is 1.83. The zero-order chi connectivity index (χ0) is 22.1. The number of amidine groups is 1. The number of aromatic nitrogens is 2. The number of nitrogens with zero attached hydrogens (tertiary/aromatic N) is 7. The molecule has 1 unspecified atom stereocenters. The normalized spacial score (nSPS) is 22.1. The lowest BCUT2D eigenvalue weighted by Gasteiger charge is -2.33. The van der Waals surface area contributed by atoms with Crippen LogP contribution in [0.4, 0.5) is 4.79 Å². The SMILES string of the molecule is Cc1cc(C)nc(SCCN2C(=[N+]3CCCCCC3)N=C3C2C(=O)N(C)C(=O)N3C)n1. The van der Waals surface area contributed by atoms with E-state index >= 15 is 0 Å². The third-order valence-electron chi connectivity index (χ3n) is 5.92. The number of amides is 3. The topological polar surface area (TPSA) is 85.0 Å². The van der Waals surface area contributed by atoms with Crippen LogP contribution in [0.2, 0.25) is 0 Å². The number of imide groups is 1. The highest BCUT2D eigenvalue weighted by molar-refractivity contribution is 7.99. The molecule has 2 saturated heterocycles. The number of urea groups is 1. The van der Waals surface area contributed by atoms with Crippen molar-refractivity contribution in [1.29, 1.82) is 0 Å². The van der Waals surface area contributed by atoms with Crippen molar-refractivity contribution in [3.63, 3.8) is 0 Å². The Hall–Kier alpha value is -2.49. The fourth-order valence-corrected chi connectivity index (χ4v) is 5.22. The maximum Gasteiger partial charge on any atom is 0.392 e. The fourth-order valence-electron chi connectivity index (χ4n) is 4.33. The number of guanidine groups is 1. The molecule has 4 rings (SSSR count). The van der Waals surface area contributed by atoms with Gasteiger partial charge in [0.2, 0.25) is 11.9 Å². The van der Waals surface area contributed by atoms with Crippen molar-refractivity contribution in [2.45, 2.75) is 50.7 Å². The van der Waals surface area contributed by atoms with Gasteiger partial charge in [-0.15, -0.1) is 0 Å². The van der Waals surface area contributed by atoms with Gasteiger partial charge in [-0.25, -0.2) is 19.7 Å². The van der Waals surface area contributed by atoms with E-state index in [1.54, 1.807) is 18.8 Å². The molecule has 0 radical (unpaired) electrons. The first-order valence-electron chi connectivity index (χ1n) is 10.8. The molecule has 3 amide bonds. The number of aliphatic imine (C=N–C) groups is 1. The van der Waals surface area contributed by atoms with Gasteiger partial charge in [-0.05, 0) is 32.8 Å². The van der Waals surface area contributed by atoms with Crippen LogP contribution in [-0.2, 0) is 4.79 Å². The minimum atomic E-state index is -0.563. The van der Waals surface area contributed by atoms with Gasteiger partial charge >= 0.3 is 12.0 Å². The molecule has 1 aromatic heterocycles. The van der Waals surface area contributed by atoms with Gasteiger partial charge in [-0.2, -0.15) is 0 Å². The first-order chi connectivity index (χ1) is 14.9. The lowest BCUT2D eigenvalue weighted by atomic mass is 10.1. The lowest BCUT2D eigenvalue weighted by Crippen LogP contribution is -2.63. The minimum Gasteiger partial charge on any atom is -0.270 e. The van der Waals surface area contributed by atoms with Crippen LogP contribution in [0.5, 0.6) is 0 Å². The van der Waals surface area contributed by atoms with E-state index < -0.39 is 6.04 Å². The molecule has 3 aliphatic heterocycles. The first kappa shape index (κ1) is 21.7. The van der Waals surface area contributed by atoms with E-state index in [9.17, 15) is 9.59 Å². The van der Waals surface area contributed by atoms with Gasteiger partial charge in [-0.3, -0.25) is 19.2 Å². The Bertz CT molecular complexity index is 931. The van der Waals surface area contributed by atoms with E-state index in [0.717, 1.165) is 48.4 Å². The highest BCUT2D eigenvalue weighted by Crippen LogP contribution is 2.25. The number of thioether (sulfide) groups is 1. The highest BCUT2D eigenvalue weighted by atomic mass is 32.2. The van der Waals surface area contributed by atoms with Crippen molar-refractivity contribution in [3.8, 4) is 0 Å². The fraction of sp³-hybridized carbons (Fsp3) is 0.619. The van der Waals surface area contributed by atoms with Crippen LogP contribution in [0.3, 0.4) is 0 Å². The first-order valence-corrected chi connectivity index (χ1v) is 11.8. The molecule has 31 heavy (non-hydrogen) atoms. The predicted molar refractivity (Wildman–Crippen MR) is 120 cm³/mol. The summed E-state index contributed by atoms with van der Waals surface area (Å²) in [4.78, 5) is 44.2. The molecule has 1 atom stereocenters. The van der Waals surface area contributed by atoms with E-state index in [4.69, 9.17) is 4.99 Å². The van der Waals surface area contributed by atoms with Gasteiger partial charge in [0.25, 0.3) is 5.91 Å². The third kappa shape index (κ3) is 4.30. The van der Waals surface area contributed by atoms with Crippen LogP contribution < -0.4 is 0 Å². The molecule has 10 heteroatoms. The number of carbonyl (C=O) groups excluding carboxylic acids is 2. The number of fused-ring (bicyclic) bond motifs is 1. The van der Waals surface area contributed by atoms with Crippen LogP contribution in [-0.4, -0.2) is 98.5 Å². The second kappa shape index (κ2) is 8.94. The van der Waals surface area contributed by atoms with Gasteiger partial charge < -0.3 is 0 Å². The largest absolute Gasteiger partial charge is 0.392 e. The Kier molecular flexibility index (Phi) is 6.27. The van der Waals surface area contributed by atoms with Gasteiger partial charge in [0.15, 0.2) is 5.16 Å². The predicted octanol–water partition coefficient (Wildman–Crippen LogP) is 1.73. The molecule has 1 aromatic rings. The number of likely N-dealkylation sites (N-methyl/N-ethyl adjacent to an activating group) is 2. The number of hydrogen-bond acceptors (Lipinski definition) is 5. The Morgan fingerprint density at radius 3 is 2.32 bits per heavy atom. The van der Waals surface area contributed by atoms with Crippen molar-refractivity contribution < 1.29 is 14.2 Å². The summed E-state index contributed by atoms with van der Waals surface area (Å²) in [6.07, 6.45) is 4.65. The lowest BCUT2D eigenvalue weighted by molar-refractivity contribution is -0.531. The summed E-state index contributed by atoms with van der Waals surface area (Å²) in [6, 6.07) is 1.06. The van der Waals surface area contributed by atoms with Crippen molar-refractivity contribution in [1.82, 2.24) is 24.7 Å². The van der Waals surface area contributed by atoms with Crippen molar-refractivity contribution in [2.75, 3.05) is 39.5 Å². The Morgan fingerprint density at radius 2 is 1.68 bits per heavy atom. The standard InChI is InChI=1S/C21H30N7O2S/c1-14-13-15(2)23-19(22-14)31-12-11-28-16-17(25(3)21(30)26(4)18(16)29)24-20(28)27-9-7-5-6-8-10-27/h13,16H,5-12H2,1-4H3/q+1. The Labute approximate surface area is 187 Å². The van der Waals surface area contributed by atoms with Crippen LogP contribution in [0, 0.1) is 13.8 Å². The van der Waals surface area contributed by atoms with Crippen LogP contribution >= 0.6 is 11.8 Å². The van der Waals surface area contributed by atoms with Gasteiger partial charge in [0.05, 0.1) is 19.6 Å². The van der Waals surface area contributed by atoms with Crippen molar-refractivity contribution in [2.24, 2.45) is 4.99 Å². The number of hydrogen-bond donors (Lipinski definition) is 0. The number of rotatable bonds is 4. The molecule has 9 nitrogen and oxygen atoms in total. The molecule has 3 aliphatic rings. The summed E-state index contributed by atoms with van der Waals surface area (Å²) < 4.78 is 2.28. The van der Waals surface area contributed by atoms with E-state index in [1.165, 1.54) is 29.7 Å². The zero-order valence-electron chi connectivity index (χ0n) is 18.7. The van der Waals surface area contributed by atoms with E-state index in [0.29, 0.717) is 18.1 Å². The molecule has 0 N–H and O–H groups in total. The van der Waals surface area contributed by atoms with Crippen LogP contribution in [0.1, 0.15) is 37.1 Å². The summed E-state index contributed by atoms with van der Waals surface area (Å²) >= 11 is 1.58. The second-order valence-corrected chi connectivity index (χ2v) is 9.35. The summed E-state index contributed by atoms with van der Waals surface area (Å²) in [5.41, 5.74) is 1.89. The zero-order valence-corrected chi connectivity index (χ0v) is 19.5. The Morgan fingerprint density at radius 1 is 1.03 bits per heavy atom. The number of aryl methyl sites for hydroxylation is 2. The maximum absolute atomic E-state index is 13.1. The van der Waals surface area contributed by atoms with Gasteiger partial charge in [0.1, 0.15) is 0 Å². The monoisotopic (exact) mass is 444 g/mol. The molecule has 0 bridgehead atoms. The minimum absolute atomic E-state index is 0.223. The molecule has 0 spiro atoms. The number of carbonyl (C=O) groups is 2. The quantitative estimate of drug-likeness (QED) is 0.400. The van der Waals surface area contributed by atoms with Crippen LogP contribution in [0.15, 0.2) is 16.2 Å². The smallest absolute Gasteiger partial charge is 0.270 e. The average Bonchev–Trinajstić information content (AvgIpc) is 2.90. The molecule has 0 aliphatic carbocycles. The highest BCUT2D eigenvalue weighted by Gasteiger charge is 2.55. The molecule has 0 saturated carbocycles. The van der Waals surface area contributed by atoms with E-state index in [1.807, 2.05) is 19.9 Å².